The molecule has 1 aromatic carbocycles. The fourth-order valence-electron chi connectivity index (χ4n) is 3.56. The maximum Gasteiger partial charge on any atom is 0.239 e. The predicted octanol–water partition coefficient (Wildman–Crippen LogP) is 1.60. The van der Waals surface area contributed by atoms with Crippen molar-refractivity contribution < 1.29 is 9.18 Å². The van der Waals surface area contributed by atoms with Gasteiger partial charge in [0.25, 0.3) is 0 Å². The fraction of sp³-hybridized carbons (Fsp3) is 0.588. The molecule has 2 atom stereocenters. The van der Waals surface area contributed by atoms with Crippen LogP contribution in [0, 0.1) is 11.7 Å². The minimum absolute atomic E-state index is 0.0263. The van der Waals surface area contributed by atoms with Crippen molar-refractivity contribution in [2.24, 2.45) is 11.7 Å². The second kappa shape index (κ2) is 6.75. The summed E-state index contributed by atoms with van der Waals surface area (Å²) in [6, 6.07) is 6.54. The topological polar surface area (TPSA) is 49.6 Å². The van der Waals surface area contributed by atoms with E-state index in [4.69, 9.17) is 5.73 Å². The van der Waals surface area contributed by atoms with Crippen LogP contribution in [0.25, 0.3) is 0 Å². The highest BCUT2D eigenvalue weighted by molar-refractivity contribution is 5.82. The van der Waals surface area contributed by atoms with Crippen LogP contribution in [-0.4, -0.2) is 47.9 Å². The molecule has 0 aromatic heterocycles. The van der Waals surface area contributed by atoms with E-state index in [1.54, 1.807) is 12.1 Å². The minimum Gasteiger partial charge on any atom is -0.341 e. The highest BCUT2D eigenvalue weighted by atomic mass is 19.1. The predicted molar refractivity (Wildman–Crippen MR) is 83.6 cm³/mol. The Labute approximate surface area is 131 Å². The molecule has 0 bridgehead atoms. The van der Waals surface area contributed by atoms with Crippen molar-refractivity contribution in [3.8, 4) is 0 Å². The van der Waals surface area contributed by atoms with Gasteiger partial charge in [0, 0.05) is 19.6 Å². The molecule has 120 valence electrons. The lowest BCUT2D eigenvalue weighted by molar-refractivity contribution is -0.135. The maximum absolute atomic E-state index is 13.0. The van der Waals surface area contributed by atoms with Gasteiger partial charge in [-0.25, -0.2) is 4.39 Å². The number of amides is 1. The Morgan fingerprint density at radius 3 is 2.68 bits per heavy atom. The molecule has 2 heterocycles. The summed E-state index contributed by atoms with van der Waals surface area (Å²) in [5.74, 6) is 0.481. The molecule has 0 radical (unpaired) electrons. The average molecular weight is 305 g/mol. The summed E-state index contributed by atoms with van der Waals surface area (Å²) in [6.07, 6.45) is 2.99. The van der Waals surface area contributed by atoms with Crippen molar-refractivity contribution in [2.75, 3.05) is 26.2 Å². The molecule has 3 rings (SSSR count). The molecule has 0 aliphatic carbocycles. The first-order valence-corrected chi connectivity index (χ1v) is 8.14. The molecule has 5 heteroatoms. The SMILES string of the molecule is NCC1CCN(C(=O)C2CCCN2Cc2ccc(F)cc2)C1. The third-order valence-corrected chi connectivity index (χ3v) is 4.88. The van der Waals surface area contributed by atoms with E-state index >= 15 is 0 Å². The standard InChI is InChI=1S/C17H24FN3O/c18-15-5-3-13(4-6-15)11-20-8-1-2-16(20)17(22)21-9-7-14(10-19)12-21/h3-6,14,16H,1-2,7-12,19H2. The van der Waals surface area contributed by atoms with Crippen molar-refractivity contribution in [1.29, 1.82) is 0 Å². The number of hydrogen-bond donors (Lipinski definition) is 1. The minimum atomic E-state index is -0.220. The van der Waals surface area contributed by atoms with Gasteiger partial charge < -0.3 is 10.6 Å². The van der Waals surface area contributed by atoms with E-state index in [-0.39, 0.29) is 17.8 Å². The maximum atomic E-state index is 13.0. The van der Waals surface area contributed by atoms with Gasteiger partial charge in [-0.1, -0.05) is 12.1 Å². The molecule has 1 aromatic rings. The molecular weight excluding hydrogens is 281 g/mol. The molecule has 2 fully saturated rings. The molecule has 4 nitrogen and oxygen atoms in total. The zero-order chi connectivity index (χ0) is 15.5. The third-order valence-electron chi connectivity index (χ3n) is 4.88. The quantitative estimate of drug-likeness (QED) is 0.919. The van der Waals surface area contributed by atoms with Gasteiger partial charge in [-0.3, -0.25) is 9.69 Å². The van der Waals surface area contributed by atoms with Crippen LogP contribution in [0.4, 0.5) is 4.39 Å². The Morgan fingerprint density at radius 2 is 2.00 bits per heavy atom. The molecule has 2 saturated heterocycles. The number of rotatable bonds is 4. The molecular formula is C17H24FN3O. The third kappa shape index (κ3) is 3.31. The van der Waals surface area contributed by atoms with Crippen molar-refractivity contribution in [2.45, 2.75) is 31.8 Å². The molecule has 22 heavy (non-hydrogen) atoms. The zero-order valence-electron chi connectivity index (χ0n) is 12.9. The molecule has 2 unspecified atom stereocenters. The number of halogens is 1. The smallest absolute Gasteiger partial charge is 0.239 e. The highest BCUT2D eigenvalue weighted by Gasteiger charge is 2.36. The van der Waals surface area contributed by atoms with Crippen molar-refractivity contribution in [3.63, 3.8) is 0 Å². The van der Waals surface area contributed by atoms with Crippen LogP contribution in [0.1, 0.15) is 24.8 Å². The molecule has 1 amide bonds. The van der Waals surface area contributed by atoms with Gasteiger partial charge in [0.15, 0.2) is 0 Å². The second-order valence-electron chi connectivity index (χ2n) is 6.43. The van der Waals surface area contributed by atoms with E-state index in [0.717, 1.165) is 44.5 Å². The van der Waals surface area contributed by atoms with Gasteiger partial charge in [-0.15, -0.1) is 0 Å². The summed E-state index contributed by atoms with van der Waals surface area (Å²) >= 11 is 0. The van der Waals surface area contributed by atoms with Gasteiger partial charge >= 0.3 is 0 Å². The van der Waals surface area contributed by atoms with E-state index in [0.29, 0.717) is 19.0 Å². The Hall–Kier alpha value is -1.46. The number of carbonyl (C=O) groups is 1. The first-order chi connectivity index (χ1) is 10.7. The average Bonchev–Trinajstić information content (AvgIpc) is 3.18. The monoisotopic (exact) mass is 305 g/mol. The molecule has 2 N–H and O–H groups in total. The Morgan fingerprint density at radius 1 is 1.23 bits per heavy atom. The number of benzene rings is 1. The molecule has 0 saturated carbocycles. The van der Waals surface area contributed by atoms with Crippen molar-refractivity contribution in [3.05, 3.63) is 35.6 Å². The summed E-state index contributed by atoms with van der Waals surface area (Å²) in [5, 5.41) is 0. The lowest BCUT2D eigenvalue weighted by Crippen LogP contribution is -2.44. The van der Waals surface area contributed by atoms with Crippen LogP contribution in [0.2, 0.25) is 0 Å². The van der Waals surface area contributed by atoms with E-state index in [9.17, 15) is 9.18 Å². The zero-order valence-corrected chi connectivity index (χ0v) is 12.9. The second-order valence-corrected chi connectivity index (χ2v) is 6.43. The summed E-state index contributed by atoms with van der Waals surface area (Å²) in [6.45, 7) is 3.94. The largest absolute Gasteiger partial charge is 0.341 e. The highest BCUT2D eigenvalue weighted by Crippen LogP contribution is 2.24. The summed E-state index contributed by atoms with van der Waals surface area (Å²) in [7, 11) is 0. The first-order valence-electron chi connectivity index (χ1n) is 8.14. The summed E-state index contributed by atoms with van der Waals surface area (Å²) in [4.78, 5) is 17.0. The Kier molecular flexibility index (Phi) is 4.74. The lowest BCUT2D eigenvalue weighted by Gasteiger charge is -2.28. The van der Waals surface area contributed by atoms with E-state index < -0.39 is 0 Å². The van der Waals surface area contributed by atoms with Crippen molar-refractivity contribution >= 4 is 5.91 Å². The van der Waals surface area contributed by atoms with Gasteiger partial charge in [-0.05, 0) is 56.0 Å². The van der Waals surface area contributed by atoms with Gasteiger partial charge in [0.05, 0.1) is 6.04 Å². The van der Waals surface area contributed by atoms with E-state index in [1.807, 2.05) is 4.90 Å². The Bertz CT molecular complexity index is 519. The van der Waals surface area contributed by atoms with Crippen molar-refractivity contribution in [1.82, 2.24) is 9.80 Å². The van der Waals surface area contributed by atoms with Crippen LogP contribution in [0.3, 0.4) is 0 Å². The van der Waals surface area contributed by atoms with Crippen LogP contribution in [-0.2, 0) is 11.3 Å². The van der Waals surface area contributed by atoms with Gasteiger partial charge in [0.2, 0.25) is 5.91 Å². The van der Waals surface area contributed by atoms with Crippen LogP contribution >= 0.6 is 0 Å². The summed E-state index contributed by atoms with van der Waals surface area (Å²) in [5.41, 5.74) is 6.77. The number of hydrogen-bond acceptors (Lipinski definition) is 3. The summed E-state index contributed by atoms with van der Waals surface area (Å²) < 4.78 is 13.0. The van der Waals surface area contributed by atoms with Crippen LogP contribution < -0.4 is 5.73 Å². The fourth-order valence-corrected chi connectivity index (χ4v) is 3.56. The number of nitrogens with two attached hydrogens (primary N) is 1. The van der Waals surface area contributed by atoms with Crippen LogP contribution in [0.5, 0.6) is 0 Å². The molecule has 0 spiro atoms. The van der Waals surface area contributed by atoms with E-state index in [1.165, 1.54) is 12.1 Å². The molecule has 2 aliphatic heterocycles. The molecule has 2 aliphatic rings. The first kappa shape index (κ1) is 15.4. The number of carbonyl (C=O) groups excluding carboxylic acids is 1. The van der Waals surface area contributed by atoms with Gasteiger partial charge in [0.1, 0.15) is 5.82 Å². The lowest BCUT2D eigenvalue weighted by atomic mass is 10.1. The Balaban J connectivity index is 1.63. The van der Waals surface area contributed by atoms with E-state index in [2.05, 4.69) is 4.90 Å². The number of likely N-dealkylation sites (tertiary alicyclic amines) is 2. The number of nitrogens with zero attached hydrogens (tertiary/aromatic N) is 2. The van der Waals surface area contributed by atoms with Crippen LogP contribution in [0.15, 0.2) is 24.3 Å². The van der Waals surface area contributed by atoms with Gasteiger partial charge in [-0.2, -0.15) is 0 Å². The normalized spacial score (nSPS) is 25.8.